The molecule has 1 aliphatic carbocycles. The average molecular weight is 126 g/mol. The Bertz CT molecular complexity index is 117. The van der Waals surface area contributed by atoms with E-state index in [9.17, 15) is 0 Å². The molecule has 1 heterocycles. The molecule has 1 heteroatoms. The molecular weight excluding hydrogens is 112 g/mol. The van der Waals surface area contributed by atoms with Crippen molar-refractivity contribution < 1.29 is 4.74 Å². The Hall–Kier alpha value is -0.0400. The average Bonchev–Trinajstić information content (AvgIpc) is 2.37. The standard InChI is InChI=1S/C8H14O/c1-8(2)5-7(9-8)6-3-4-6/h6-7H,3-5H2,1-2H3. The number of ether oxygens (including phenoxy) is 1. The Labute approximate surface area is 56.4 Å². The predicted octanol–water partition coefficient (Wildman–Crippen LogP) is 1.96. The maximum absolute atomic E-state index is 5.65. The molecule has 2 aliphatic rings. The van der Waals surface area contributed by atoms with Crippen molar-refractivity contribution >= 4 is 0 Å². The van der Waals surface area contributed by atoms with E-state index in [1.54, 1.807) is 0 Å². The van der Waals surface area contributed by atoms with E-state index in [-0.39, 0.29) is 5.60 Å². The lowest BCUT2D eigenvalue weighted by atomic mass is 9.91. The Morgan fingerprint density at radius 3 is 2.22 bits per heavy atom. The third-order valence-corrected chi connectivity index (χ3v) is 2.31. The molecule has 0 aromatic rings. The second-order valence-corrected chi connectivity index (χ2v) is 3.96. The number of hydrogen-bond donors (Lipinski definition) is 0. The highest BCUT2D eigenvalue weighted by atomic mass is 16.5. The van der Waals surface area contributed by atoms with Crippen molar-refractivity contribution in [1.29, 1.82) is 0 Å². The molecule has 0 amide bonds. The van der Waals surface area contributed by atoms with Crippen LogP contribution in [0.5, 0.6) is 0 Å². The zero-order valence-electron chi connectivity index (χ0n) is 6.18. The van der Waals surface area contributed by atoms with Crippen molar-refractivity contribution in [2.24, 2.45) is 5.92 Å². The van der Waals surface area contributed by atoms with Gasteiger partial charge in [-0.2, -0.15) is 0 Å². The summed E-state index contributed by atoms with van der Waals surface area (Å²) < 4.78 is 5.65. The Kier molecular flexibility index (Phi) is 0.963. The first-order valence-corrected chi connectivity index (χ1v) is 3.85. The molecule has 52 valence electrons. The van der Waals surface area contributed by atoms with E-state index in [0.717, 1.165) is 5.92 Å². The van der Waals surface area contributed by atoms with Crippen LogP contribution in [0.3, 0.4) is 0 Å². The van der Waals surface area contributed by atoms with Crippen LogP contribution in [-0.4, -0.2) is 11.7 Å². The van der Waals surface area contributed by atoms with Crippen LogP contribution in [0, 0.1) is 5.92 Å². The van der Waals surface area contributed by atoms with Gasteiger partial charge in [0.25, 0.3) is 0 Å². The molecular formula is C8H14O. The van der Waals surface area contributed by atoms with Crippen LogP contribution < -0.4 is 0 Å². The molecule has 0 spiro atoms. The van der Waals surface area contributed by atoms with Gasteiger partial charge in [0.2, 0.25) is 0 Å². The molecule has 9 heavy (non-hydrogen) atoms. The summed E-state index contributed by atoms with van der Waals surface area (Å²) in [6.07, 6.45) is 4.76. The van der Waals surface area contributed by atoms with Gasteiger partial charge in [-0.1, -0.05) is 0 Å². The molecule has 1 atom stereocenters. The summed E-state index contributed by atoms with van der Waals surface area (Å²) >= 11 is 0. The van der Waals surface area contributed by atoms with Gasteiger partial charge in [-0.15, -0.1) is 0 Å². The van der Waals surface area contributed by atoms with Gasteiger partial charge < -0.3 is 4.74 Å². The monoisotopic (exact) mass is 126 g/mol. The number of hydrogen-bond acceptors (Lipinski definition) is 1. The summed E-state index contributed by atoms with van der Waals surface area (Å²) in [5, 5.41) is 0. The molecule has 1 aliphatic heterocycles. The smallest absolute Gasteiger partial charge is 0.0655 e. The molecule has 0 radical (unpaired) electrons. The van der Waals surface area contributed by atoms with Crippen LogP contribution in [-0.2, 0) is 4.74 Å². The van der Waals surface area contributed by atoms with Crippen molar-refractivity contribution in [2.45, 2.75) is 44.8 Å². The lowest BCUT2D eigenvalue weighted by Crippen LogP contribution is -2.46. The summed E-state index contributed by atoms with van der Waals surface area (Å²) in [7, 11) is 0. The SMILES string of the molecule is CC1(C)CC(C2CC2)O1. The van der Waals surface area contributed by atoms with Gasteiger partial charge in [0.05, 0.1) is 11.7 Å². The van der Waals surface area contributed by atoms with E-state index >= 15 is 0 Å². The minimum Gasteiger partial charge on any atom is -0.372 e. The van der Waals surface area contributed by atoms with Crippen LogP contribution in [0.15, 0.2) is 0 Å². The zero-order valence-corrected chi connectivity index (χ0v) is 6.18. The van der Waals surface area contributed by atoms with Crippen LogP contribution in [0.4, 0.5) is 0 Å². The van der Waals surface area contributed by atoms with Gasteiger partial charge in [0.15, 0.2) is 0 Å². The van der Waals surface area contributed by atoms with Crippen molar-refractivity contribution in [3.8, 4) is 0 Å². The first kappa shape index (κ1) is 5.72. The van der Waals surface area contributed by atoms with Crippen molar-refractivity contribution in [2.75, 3.05) is 0 Å². The Balaban J connectivity index is 1.83. The van der Waals surface area contributed by atoms with Crippen molar-refractivity contribution in [3.05, 3.63) is 0 Å². The van der Waals surface area contributed by atoms with E-state index in [1.165, 1.54) is 19.3 Å². The van der Waals surface area contributed by atoms with Gasteiger partial charge in [-0.3, -0.25) is 0 Å². The highest BCUT2D eigenvalue weighted by Crippen LogP contribution is 2.45. The summed E-state index contributed by atoms with van der Waals surface area (Å²) in [6.45, 7) is 4.34. The summed E-state index contributed by atoms with van der Waals surface area (Å²) in [5.41, 5.74) is 0.216. The summed E-state index contributed by atoms with van der Waals surface area (Å²) in [6, 6.07) is 0. The molecule has 0 bridgehead atoms. The molecule has 1 nitrogen and oxygen atoms in total. The minimum absolute atomic E-state index is 0.216. The fourth-order valence-corrected chi connectivity index (χ4v) is 1.62. The molecule has 0 N–H and O–H groups in total. The third kappa shape index (κ3) is 0.983. The van der Waals surface area contributed by atoms with Crippen LogP contribution in [0.1, 0.15) is 33.1 Å². The lowest BCUT2D eigenvalue weighted by Gasteiger charge is -2.43. The lowest BCUT2D eigenvalue weighted by molar-refractivity contribution is -0.192. The fraction of sp³-hybridized carbons (Fsp3) is 1.00. The number of rotatable bonds is 1. The molecule has 0 aromatic heterocycles. The van der Waals surface area contributed by atoms with Gasteiger partial charge in [0, 0.05) is 6.42 Å². The van der Waals surface area contributed by atoms with Gasteiger partial charge in [-0.25, -0.2) is 0 Å². The first-order chi connectivity index (χ1) is 4.17. The topological polar surface area (TPSA) is 9.23 Å². The minimum atomic E-state index is 0.216. The van der Waals surface area contributed by atoms with Crippen molar-refractivity contribution in [3.63, 3.8) is 0 Å². The van der Waals surface area contributed by atoms with Gasteiger partial charge >= 0.3 is 0 Å². The largest absolute Gasteiger partial charge is 0.372 e. The molecule has 2 fully saturated rings. The second-order valence-electron chi connectivity index (χ2n) is 3.96. The van der Waals surface area contributed by atoms with E-state index in [4.69, 9.17) is 4.74 Å². The van der Waals surface area contributed by atoms with Crippen molar-refractivity contribution in [1.82, 2.24) is 0 Å². The van der Waals surface area contributed by atoms with Crippen LogP contribution in [0.2, 0.25) is 0 Å². The van der Waals surface area contributed by atoms with E-state index in [2.05, 4.69) is 13.8 Å². The maximum Gasteiger partial charge on any atom is 0.0655 e. The molecule has 1 saturated carbocycles. The highest BCUT2D eigenvalue weighted by molar-refractivity contribution is 4.94. The summed E-state index contributed by atoms with van der Waals surface area (Å²) in [4.78, 5) is 0. The quantitative estimate of drug-likeness (QED) is 0.522. The zero-order chi connectivity index (χ0) is 6.48. The van der Waals surface area contributed by atoms with Gasteiger partial charge in [0.1, 0.15) is 0 Å². The third-order valence-electron chi connectivity index (χ3n) is 2.31. The second kappa shape index (κ2) is 1.51. The fourth-order valence-electron chi connectivity index (χ4n) is 1.62. The molecule has 0 aromatic carbocycles. The maximum atomic E-state index is 5.65. The molecule has 1 unspecified atom stereocenters. The van der Waals surface area contributed by atoms with E-state index < -0.39 is 0 Å². The normalized spacial score (nSPS) is 40.0. The highest BCUT2D eigenvalue weighted by Gasteiger charge is 2.45. The van der Waals surface area contributed by atoms with Crippen LogP contribution in [0.25, 0.3) is 0 Å². The van der Waals surface area contributed by atoms with Crippen LogP contribution >= 0.6 is 0 Å². The predicted molar refractivity (Wildman–Crippen MR) is 36.3 cm³/mol. The first-order valence-electron chi connectivity index (χ1n) is 3.85. The Morgan fingerprint density at radius 2 is 1.89 bits per heavy atom. The van der Waals surface area contributed by atoms with E-state index in [0.29, 0.717) is 6.10 Å². The molecule has 1 saturated heterocycles. The van der Waals surface area contributed by atoms with E-state index in [1.807, 2.05) is 0 Å². The Morgan fingerprint density at radius 1 is 1.33 bits per heavy atom. The molecule has 2 rings (SSSR count). The summed E-state index contributed by atoms with van der Waals surface area (Å²) in [5.74, 6) is 0.943. The van der Waals surface area contributed by atoms with Gasteiger partial charge in [-0.05, 0) is 32.6 Å².